The van der Waals surface area contributed by atoms with Gasteiger partial charge in [0.25, 0.3) is 0 Å². The molecule has 7 nitrogen and oxygen atoms in total. The van der Waals surface area contributed by atoms with E-state index in [2.05, 4.69) is 116 Å². The summed E-state index contributed by atoms with van der Waals surface area (Å²) >= 11 is 0. The summed E-state index contributed by atoms with van der Waals surface area (Å²) in [5, 5.41) is 18.8. The van der Waals surface area contributed by atoms with Crippen molar-refractivity contribution in [1.29, 1.82) is 0 Å². The summed E-state index contributed by atoms with van der Waals surface area (Å²) in [7, 11) is 0. The second kappa shape index (κ2) is 10.8. The Labute approximate surface area is 231 Å². The third-order valence-corrected chi connectivity index (χ3v) is 7.08. The summed E-state index contributed by atoms with van der Waals surface area (Å²) in [5.41, 5.74) is 4.08. The molecule has 3 aromatic carbocycles. The first-order chi connectivity index (χ1) is 18.6. The highest BCUT2D eigenvalue weighted by molar-refractivity contribution is 5.97. The minimum Gasteiger partial charge on any atom is -0.492 e. The highest BCUT2D eigenvalue weighted by Crippen LogP contribution is 2.32. The Morgan fingerprint density at radius 3 is 2.28 bits per heavy atom. The Kier molecular flexibility index (Phi) is 7.45. The Hall–Kier alpha value is -3.71. The van der Waals surface area contributed by atoms with Gasteiger partial charge in [-0.3, -0.25) is 15.1 Å². The summed E-state index contributed by atoms with van der Waals surface area (Å²) in [6, 6.07) is 20.0. The molecule has 0 saturated carbocycles. The van der Waals surface area contributed by atoms with Crippen molar-refractivity contribution in [2.75, 3.05) is 13.2 Å². The number of aromatic nitrogens is 5. The van der Waals surface area contributed by atoms with Crippen LogP contribution < -0.4 is 4.74 Å². The van der Waals surface area contributed by atoms with Crippen LogP contribution in [0.1, 0.15) is 54.3 Å². The predicted molar refractivity (Wildman–Crippen MR) is 160 cm³/mol. The van der Waals surface area contributed by atoms with Gasteiger partial charge in [0.05, 0.1) is 11.2 Å². The third-order valence-electron chi connectivity index (χ3n) is 7.08. The number of H-pyrrole nitrogens is 2. The van der Waals surface area contributed by atoms with Crippen LogP contribution in [0.5, 0.6) is 5.75 Å². The molecule has 0 amide bonds. The molecule has 5 rings (SSSR count). The number of nitrogens with zero attached hydrogens (tertiary/aromatic N) is 4. The maximum atomic E-state index is 6.12. The highest BCUT2D eigenvalue weighted by atomic mass is 16.5. The minimum atomic E-state index is 0.143. The molecule has 0 aliphatic heterocycles. The van der Waals surface area contributed by atoms with Gasteiger partial charge in [-0.15, -0.1) is 0 Å². The Bertz CT molecular complexity index is 1560. The number of benzene rings is 3. The molecule has 2 N–H and O–H groups in total. The van der Waals surface area contributed by atoms with E-state index in [4.69, 9.17) is 9.72 Å². The van der Waals surface area contributed by atoms with Gasteiger partial charge in [-0.05, 0) is 80.3 Å². The molecule has 0 radical (unpaired) electrons. The average Bonchev–Trinajstić information content (AvgIpc) is 3.51. The van der Waals surface area contributed by atoms with E-state index in [9.17, 15) is 0 Å². The number of nitrogens with one attached hydrogen (secondary N) is 2. The molecule has 0 fully saturated rings. The summed E-state index contributed by atoms with van der Waals surface area (Å²) in [4.78, 5) is 7.19. The molecular formula is C32H40N6O. The van der Waals surface area contributed by atoms with Crippen molar-refractivity contribution in [3.63, 3.8) is 0 Å². The molecule has 0 bridgehead atoms. The lowest BCUT2D eigenvalue weighted by Gasteiger charge is -2.30. The number of hydrogen-bond acceptors (Lipinski definition) is 5. The number of hydrogen-bond donors (Lipinski definition) is 2. The maximum Gasteiger partial charge on any atom is 0.181 e. The average molecular weight is 525 g/mol. The van der Waals surface area contributed by atoms with E-state index in [-0.39, 0.29) is 5.41 Å². The highest BCUT2D eigenvalue weighted by Gasteiger charge is 2.17. The molecular weight excluding hydrogens is 484 g/mol. The van der Waals surface area contributed by atoms with Crippen LogP contribution in [0.2, 0.25) is 0 Å². The smallest absolute Gasteiger partial charge is 0.181 e. The Balaban J connectivity index is 1.36. The molecule has 2 heterocycles. The molecule has 0 spiro atoms. The number of rotatable bonds is 9. The summed E-state index contributed by atoms with van der Waals surface area (Å²) in [6.07, 6.45) is 0.845. The Morgan fingerprint density at radius 1 is 0.821 bits per heavy atom. The van der Waals surface area contributed by atoms with Gasteiger partial charge in [0.1, 0.15) is 18.2 Å². The first kappa shape index (κ1) is 26.9. The van der Waals surface area contributed by atoms with Gasteiger partial charge in [0, 0.05) is 41.6 Å². The van der Waals surface area contributed by atoms with E-state index in [0.29, 0.717) is 24.5 Å². The fourth-order valence-corrected chi connectivity index (χ4v) is 5.22. The lowest BCUT2D eigenvalue weighted by atomic mass is 9.92. The summed E-state index contributed by atoms with van der Waals surface area (Å²) < 4.78 is 6.12. The molecule has 0 aliphatic rings. The van der Waals surface area contributed by atoms with Gasteiger partial charge in [0.15, 0.2) is 5.82 Å². The number of ether oxygens (including phenoxy) is 1. The van der Waals surface area contributed by atoms with E-state index >= 15 is 0 Å². The second-order valence-corrected chi connectivity index (χ2v) is 12.2. The van der Waals surface area contributed by atoms with Crippen LogP contribution in [0.4, 0.5) is 0 Å². The van der Waals surface area contributed by atoms with Crippen molar-refractivity contribution in [1.82, 2.24) is 30.3 Å². The van der Waals surface area contributed by atoms with Crippen LogP contribution in [-0.2, 0) is 6.42 Å². The lowest BCUT2D eigenvalue weighted by molar-refractivity contribution is 0.142. The minimum absolute atomic E-state index is 0.143. The summed E-state index contributed by atoms with van der Waals surface area (Å²) in [5.74, 6) is 2.51. The van der Waals surface area contributed by atoms with Crippen molar-refractivity contribution >= 4 is 21.7 Å². The van der Waals surface area contributed by atoms with Gasteiger partial charge >= 0.3 is 0 Å². The monoisotopic (exact) mass is 524 g/mol. The molecule has 39 heavy (non-hydrogen) atoms. The van der Waals surface area contributed by atoms with Crippen LogP contribution in [0.25, 0.3) is 44.3 Å². The maximum absolute atomic E-state index is 6.12. The molecule has 0 aliphatic carbocycles. The van der Waals surface area contributed by atoms with Crippen molar-refractivity contribution in [3.05, 3.63) is 60.4 Å². The van der Waals surface area contributed by atoms with Crippen molar-refractivity contribution in [2.24, 2.45) is 5.41 Å². The standard InChI is InChI=1S/C32H40N6O/c1-20(2)38(21(3)4)14-15-39-26-12-10-22-16-24(9-8-23(22)17-26)30-27-18-25(11-13-28(27)34-36-30)31-33-29(35-37-31)19-32(5,6)7/h8-13,16-18,20-21H,14-15,19H2,1-7H3,(H,34,36)(H,33,35,37). The van der Waals surface area contributed by atoms with Crippen LogP contribution in [0, 0.1) is 5.41 Å². The molecule has 204 valence electrons. The van der Waals surface area contributed by atoms with E-state index < -0.39 is 0 Å². The largest absolute Gasteiger partial charge is 0.492 e. The zero-order chi connectivity index (χ0) is 27.7. The molecule has 0 saturated heterocycles. The van der Waals surface area contributed by atoms with Crippen LogP contribution in [0.3, 0.4) is 0 Å². The van der Waals surface area contributed by atoms with Gasteiger partial charge in [-0.1, -0.05) is 39.0 Å². The third kappa shape index (κ3) is 6.14. The van der Waals surface area contributed by atoms with E-state index in [1.165, 1.54) is 0 Å². The van der Waals surface area contributed by atoms with Crippen LogP contribution >= 0.6 is 0 Å². The first-order valence-electron chi connectivity index (χ1n) is 13.9. The summed E-state index contributed by atoms with van der Waals surface area (Å²) in [6.45, 7) is 17.1. The van der Waals surface area contributed by atoms with Crippen LogP contribution in [-0.4, -0.2) is 55.5 Å². The zero-order valence-electron chi connectivity index (χ0n) is 24.2. The molecule has 7 heteroatoms. The fourth-order valence-electron chi connectivity index (χ4n) is 5.22. The van der Waals surface area contributed by atoms with Gasteiger partial charge in [-0.25, -0.2) is 4.98 Å². The van der Waals surface area contributed by atoms with Gasteiger partial charge in [-0.2, -0.15) is 10.2 Å². The first-order valence-corrected chi connectivity index (χ1v) is 13.9. The molecule has 0 atom stereocenters. The normalized spacial score (nSPS) is 12.5. The van der Waals surface area contributed by atoms with Crippen molar-refractivity contribution < 1.29 is 4.74 Å². The molecule has 5 aromatic rings. The van der Waals surface area contributed by atoms with E-state index in [0.717, 1.165) is 63.0 Å². The molecule has 0 unspecified atom stereocenters. The zero-order valence-corrected chi connectivity index (χ0v) is 24.2. The number of aromatic amines is 2. The Morgan fingerprint density at radius 2 is 1.54 bits per heavy atom. The topological polar surface area (TPSA) is 82.7 Å². The van der Waals surface area contributed by atoms with Crippen LogP contribution in [0.15, 0.2) is 54.6 Å². The van der Waals surface area contributed by atoms with Gasteiger partial charge in [0.2, 0.25) is 0 Å². The van der Waals surface area contributed by atoms with Crippen molar-refractivity contribution in [3.8, 4) is 28.4 Å². The van der Waals surface area contributed by atoms with Crippen molar-refractivity contribution in [2.45, 2.75) is 67.0 Å². The fraction of sp³-hybridized carbons (Fsp3) is 0.406. The number of fused-ring (bicyclic) bond motifs is 2. The van der Waals surface area contributed by atoms with Gasteiger partial charge < -0.3 is 4.74 Å². The van der Waals surface area contributed by atoms with E-state index in [1.807, 2.05) is 12.1 Å². The second-order valence-electron chi connectivity index (χ2n) is 12.2. The lowest BCUT2D eigenvalue weighted by Crippen LogP contribution is -2.39. The molecule has 2 aromatic heterocycles. The predicted octanol–water partition coefficient (Wildman–Crippen LogP) is 7.25. The quantitative estimate of drug-likeness (QED) is 0.212. The van der Waals surface area contributed by atoms with E-state index in [1.54, 1.807) is 0 Å². The SMILES string of the molecule is CC(C)N(CCOc1ccc2cc(-c3n[nH]c4ccc(-c5n[nH]c(CC(C)(C)C)n5)cc34)ccc2c1)C(C)C.